The molecular weight excluding hydrogens is 656 g/mol. The lowest BCUT2D eigenvalue weighted by Gasteiger charge is -2.29. The second kappa shape index (κ2) is 13.1. The molecule has 0 radical (unpaired) electrons. The lowest BCUT2D eigenvalue weighted by atomic mass is 9.91. The summed E-state index contributed by atoms with van der Waals surface area (Å²) in [5.41, 5.74) is 4.74. The van der Waals surface area contributed by atoms with Crippen LogP contribution in [0.15, 0.2) is 88.5 Å². The van der Waals surface area contributed by atoms with E-state index in [9.17, 15) is 0 Å². The van der Waals surface area contributed by atoms with Crippen molar-refractivity contribution in [3.63, 3.8) is 0 Å². The van der Waals surface area contributed by atoms with Gasteiger partial charge in [-0.3, -0.25) is 0 Å². The SMILES string of the molecule is CCN(CC)CCOc1ccc(C(=C(I)C(I)(CCl)c2ccccc2)c2ccccc2)cc1. The first-order valence-corrected chi connectivity index (χ1v) is 13.9. The van der Waals surface area contributed by atoms with Crippen molar-refractivity contribution in [1.82, 2.24) is 4.90 Å². The molecule has 0 saturated carbocycles. The van der Waals surface area contributed by atoms with Crippen LogP contribution in [0, 0.1) is 0 Å². The van der Waals surface area contributed by atoms with Crippen molar-refractivity contribution in [3.05, 3.63) is 105 Å². The molecule has 0 aliphatic rings. The van der Waals surface area contributed by atoms with E-state index >= 15 is 0 Å². The van der Waals surface area contributed by atoms with Crippen LogP contribution in [0.3, 0.4) is 0 Å². The van der Waals surface area contributed by atoms with Gasteiger partial charge in [-0.1, -0.05) is 109 Å². The van der Waals surface area contributed by atoms with E-state index in [0.717, 1.165) is 30.9 Å². The summed E-state index contributed by atoms with van der Waals surface area (Å²) in [6, 6.07) is 29.5. The van der Waals surface area contributed by atoms with Gasteiger partial charge in [-0.25, -0.2) is 0 Å². The molecule has 1 atom stereocenters. The van der Waals surface area contributed by atoms with E-state index in [1.807, 2.05) is 6.07 Å². The normalized spacial score (nSPS) is 14.0. The maximum atomic E-state index is 6.62. The molecule has 3 aromatic carbocycles. The molecule has 1 unspecified atom stereocenters. The average Bonchev–Trinajstić information content (AvgIpc) is 2.88. The number of ether oxygens (including phenoxy) is 1. The lowest BCUT2D eigenvalue weighted by molar-refractivity contribution is 0.223. The molecule has 0 aliphatic carbocycles. The summed E-state index contributed by atoms with van der Waals surface area (Å²) in [4.78, 5) is 2.36. The van der Waals surface area contributed by atoms with Crippen LogP contribution < -0.4 is 4.74 Å². The molecule has 0 spiro atoms. The summed E-state index contributed by atoms with van der Waals surface area (Å²) in [6.07, 6.45) is 0. The maximum Gasteiger partial charge on any atom is 0.119 e. The molecule has 0 saturated heterocycles. The first-order chi connectivity index (χ1) is 16.0. The predicted molar refractivity (Wildman–Crippen MR) is 159 cm³/mol. The van der Waals surface area contributed by atoms with Crippen LogP contribution in [0.2, 0.25) is 0 Å². The Labute approximate surface area is 230 Å². The molecule has 3 rings (SSSR count). The van der Waals surface area contributed by atoms with Gasteiger partial charge in [-0.15, -0.1) is 11.6 Å². The molecule has 0 amide bonds. The quantitative estimate of drug-likeness (QED) is 0.149. The van der Waals surface area contributed by atoms with Gasteiger partial charge in [0.2, 0.25) is 0 Å². The Bertz CT molecular complexity index is 1020. The average molecular weight is 686 g/mol. The molecule has 0 N–H and O–H groups in total. The Hall–Kier alpha value is -1.09. The summed E-state index contributed by atoms with van der Waals surface area (Å²) in [6.45, 7) is 8.08. The topological polar surface area (TPSA) is 12.5 Å². The third-order valence-electron chi connectivity index (χ3n) is 5.76. The van der Waals surface area contributed by atoms with Crippen molar-refractivity contribution < 1.29 is 4.74 Å². The van der Waals surface area contributed by atoms with Crippen LogP contribution in [-0.2, 0) is 3.42 Å². The minimum atomic E-state index is -0.328. The summed E-state index contributed by atoms with van der Waals surface area (Å²) < 4.78 is 6.90. The third kappa shape index (κ3) is 6.74. The fraction of sp³-hybridized carbons (Fsp3) is 0.286. The maximum absolute atomic E-state index is 6.62. The second-order valence-corrected chi connectivity index (χ2v) is 10.9. The van der Waals surface area contributed by atoms with E-state index in [1.165, 1.54) is 20.3 Å². The van der Waals surface area contributed by atoms with Gasteiger partial charge in [0.25, 0.3) is 0 Å². The van der Waals surface area contributed by atoms with Crippen LogP contribution >= 0.6 is 56.8 Å². The highest BCUT2D eigenvalue weighted by Crippen LogP contribution is 2.48. The van der Waals surface area contributed by atoms with Crippen molar-refractivity contribution >= 4 is 62.4 Å². The minimum Gasteiger partial charge on any atom is -0.492 e. The van der Waals surface area contributed by atoms with Gasteiger partial charge in [-0.05, 0) is 70.1 Å². The molecule has 174 valence electrons. The molecule has 0 aliphatic heterocycles. The number of alkyl halides is 2. The molecule has 33 heavy (non-hydrogen) atoms. The highest BCUT2D eigenvalue weighted by Gasteiger charge is 2.34. The first kappa shape index (κ1) is 26.5. The number of nitrogens with zero attached hydrogens (tertiary/aromatic N) is 1. The molecule has 0 aromatic heterocycles. The number of rotatable bonds is 11. The van der Waals surface area contributed by atoms with E-state index in [4.69, 9.17) is 16.3 Å². The standard InChI is InChI=1S/C28H30ClI2NO/c1-3-32(4-2)19-20-33-25-17-15-23(16-18-25)26(22-11-7-5-8-12-22)27(30)28(31,21-29)24-13-9-6-10-14-24/h5-18H,3-4,19-21H2,1-2H3. The van der Waals surface area contributed by atoms with Crippen LogP contribution in [0.1, 0.15) is 30.5 Å². The zero-order valence-electron chi connectivity index (χ0n) is 19.1. The number of hydrogen-bond acceptors (Lipinski definition) is 2. The molecule has 0 bridgehead atoms. The Morgan fingerprint density at radius 1 is 0.848 bits per heavy atom. The van der Waals surface area contributed by atoms with Gasteiger partial charge >= 0.3 is 0 Å². The third-order valence-corrected chi connectivity index (χ3v) is 10.6. The lowest BCUT2D eigenvalue weighted by Crippen LogP contribution is -2.27. The highest BCUT2D eigenvalue weighted by atomic mass is 127. The van der Waals surface area contributed by atoms with Crippen LogP contribution in [0.5, 0.6) is 5.75 Å². The van der Waals surface area contributed by atoms with Crippen molar-refractivity contribution in [2.24, 2.45) is 0 Å². The number of benzene rings is 3. The van der Waals surface area contributed by atoms with Crippen molar-refractivity contribution in [3.8, 4) is 5.75 Å². The molecule has 3 aromatic rings. The van der Waals surface area contributed by atoms with Crippen molar-refractivity contribution in [2.45, 2.75) is 17.3 Å². The van der Waals surface area contributed by atoms with Gasteiger partial charge in [-0.2, -0.15) is 0 Å². The van der Waals surface area contributed by atoms with Gasteiger partial charge in [0.1, 0.15) is 12.4 Å². The first-order valence-electron chi connectivity index (χ1n) is 11.2. The minimum absolute atomic E-state index is 0.328. The summed E-state index contributed by atoms with van der Waals surface area (Å²) in [5.74, 6) is 1.38. The summed E-state index contributed by atoms with van der Waals surface area (Å²) in [5, 5.41) is 0. The Balaban J connectivity index is 1.97. The van der Waals surface area contributed by atoms with E-state index in [1.54, 1.807) is 0 Å². The number of hydrogen-bond donors (Lipinski definition) is 0. The highest BCUT2D eigenvalue weighted by molar-refractivity contribution is 14.1. The van der Waals surface area contributed by atoms with Crippen LogP contribution in [0.4, 0.5) is 0 Å². The zero-order chi connectivity index (χ0) is 23.7. The summed E-state index contributed by atoms with van der Waals surface area (Å²) in [7, 11) is 0. The van der Waals surface area contributed by atoms with Gasteiger partial charge in [0.15, 0.2) is 0 Å². The zero-order valence-corrected chi connectivity index (χ0v) is 24.2. The molecule has 0 fully saturated rings. The Morgan fingerprint density at radius 2 is 1.39 bits per heavy atom. The number of halogens is 3. The molecule has 2 nitrogen and oxygen atoms in total. The Kier molecular flexibility index (Phi) is 10.5. The summed E-state index contributed by atoms with van der Waals surface area (Å²) >= 11 is 11.6. The van der Waals surface area contributed by atoms with Crippen molar-refractivity contribution in [1.29, 1.82) is 0 Å². The fourth-order valence-electron chi connectivity index (χ4n) is 3.74. The van der Waals surface area contributed by atoms with Gasteiger partial charge in [0, 0.05) is 16.0 Å². The van der Waals surface area contributed by atoms with Crippen molar-refractivity contribution in [2.75, 3.05) is 32.1 Å². The largest absolute Gasteiger partial charge is 0.492 e. The predicted octanol–water partition coefficient (Wildman–Crippen LogP) is 8.17. The number of likely N-dealkylation sites (N-methyl/N-ethyl adjacent to an activating group) is 1. The van der Waals surface area contributed by atoms with Crippen LogP contribution in [-0.4, -0.2) is 37.0 Å². The Morgan fingerprint density at radius 3 is 1.94 bits per heavy atom. The van der Waals surface area contributed by atoms with Crippen LogP contribution in [0.25, 0.3) is 5.57 Å². The monoisotopic (exact) mass is 685 g/mol. The van der Waals surface area contributed by atoms with Gasteiger partial charge in [0.05, 0.1) is 3.42 Å². The van der Waals surface area contributed by atoms with Gasteiger partial charge < -0.3 is 9.64 Å². The fourth-order valence-corrected chi connectivity index (χ4v) is 6.01. The van der Waals surface area contributed by atoms with E-state index in [2.05, 4.69) is 143 Å². The molecular formula is C28H30ClI2NO. The smallest absolute Gasteiger partial charge is 0.119 e. The molecule has 0 heterocycles. The van der Waals surface area contributed by atoms with E-state index in [-0.39, 0.29) is 3.42 Å². The number of allylic oxidation sites excluding steroid dienone is 1. The molecule has 5 heteroatoms. The van der Waals surface area contributed by atoms with E-state index < -0.39 is 0 Å². The second-order valence-electron chi connectivity index (χ2n) is 7.76. The van der Waals surface area contributed by atoms with E-state index in [0.29, 0.717) is 12.5 Å².